The van der Waals surface area contributed by atoms with Crippen LogP contribution in [0.3, 0.4) is 0 Å². The third-order valence-corrected chi connectivity index (χ3v) is 4.89. The van der Waals surface area contributed by atoms with E-state index in [1.54, 1.807) is 0 Å². The van der Waals surface area contributed by atoms with E-state index in [2.05, 4.69) is 38.1 Å². The topological polar surface area (TPSA) is 29.5 Å². The summed E-state index contributed by atoms with van der Waals surface area (Å²) >= 11 is 0. The summed E-state index contributed by atoms with van der Waals surface area (Å²) in [5, 5.41) is 8.75. The van der Waals surface area contributed by atoms with Crippen molar-refractivity contribution in [1.29, 1.82) is 0 Å². The van der Waals surface area contributed by atoms with Gasteiger partial charge in [-0.2, -0.15) is 0 Å². The van der Waals surface area contributed by atoms with Crippen molar-refractivity contribution < 1.29 is 9.84 Å². The molecule has 1 N–H and O–H groups in total. The van der Waals surface area contributed by atoms with Crippen molar-refractivity contribution in [2.45, 2.75) is 71.2 Å². The molecular weight excluding hydrogens is 260 g/mol. The summed E-state index contributed by atoms with van der Waals surface area (Å²) in [5.41, 5.74) is 1.28. The van der Waals surface area contributed by atoms with E-state index in [1.165, 1.54) is 31.2 Å². The van der Waals surface area contributed by atoms with Gasteiger partial charge in [0.2, 0.25) is 0 Å². The lowest BCUT2D eigenvalue weighted by atomic mass is 9.80. The largest absolute Gasteiger partial charge is 0.393 e. The van der Waals surface area contributed by atoms with Gasteiger partial charge in [-0.1, -0.05) is 57.0 Å². The van der Waals surface area contributed by atoms with Crippen LogP contribution in [0.4, 0.5) is 0 Å². The second kappa shape index (κ2) is 8.55. The lowest BCUT2D eigenvalue weighted by Crippen LogP contribution is -2.30. The first-order chi connectivity index (χ1) is 10.2. The van der Waals surface area contributed by atoms with Gasteiger partial charge in [0.15, 0.2) is 0 Å². The van der Waals surface area contributed by atoms with E-state index in [9.17, 15) is 0 Å². The van der Waals surface area contributed by atoms with Gasteiger partial charge in [-0.05, 0) is 43.1 Å². The molecule has 0 aromatic heterocycles. The molecule has 3 rings (SSSR count). The fourth-order valence-corrected chi connectivity index (χ4v) is 2.97. The van der Waals surface area contributed by atoms with E-state index < -0.39 is 0 Å². The van der Waals surface area contributed by atoms with Crippen LogP contribution in [0.1, 0.15) is 57.9 Å². The van der Waals surface area contributed by atoms with Gasteiger partial charge < -0.3 is 9.84 Å². The highest BCUT2D eigenvalue weighted by Gasteiger charge is 2.28. The SMILES string of the molecule is CCC1CC(O)C1.CCC1CC(OCc2ccccc2)C1. The molecule has 0 amide bonds. The first-order valence-corrected chi connectivity index (χ1v) is 8.54. The number of rotatable bonds is 5. The molecule has 2 heteroatoms. The Kier molecular flexibility index (Phi) is 6.72. The molecule has 2 aliphatic carbocycles. The van der Waals surface area contributed by atoms with Crippen molar-refractivity contribution >= 4 is 0 Å². The number of hydrogen-bond acceptors (Lipinski definition) is 2. The van der Waals surface area contributed by atoms with Crippen molar-refractivity contribution in [1.82, 2.24) is 0 Å². The van der Waals surface area contributed by atoms with E-state index in [0.29, 0.717) is 6.10 Å². The van der Waals surface area contributed by atoms with Gasteiger partial charge >= 0.3 is 0 Å². The molecule has 0 spiro atoms. The number of ether oxygens (including phenoxy) is 1. The summed E-state index contributed by atoms with van der Waals surface area (Å²) in [5.74, 6) is 1.77. The average Bonchev–Trinajstić information content (AvgIpc) is 2.44. The van der Waals surface area contributed by atoms with Crippen molar-refractivity contribution in [2.75, 3.05) is 0 Å². The lowest BCUT2D eigenvalue weighted by Gasteiger charge is -2.34. The van der Waals surface area contributed by atoms with Crippen LogP contribution in [-0.2, 0) is 11.3 Å². The molecule has 2 saturated carbocycles. The van der Waals surface area contributed by atoms with Crippen LogP contribution in [0.25, 0.3) is 0 Å². The average molecular weight is 290 g/mol. The van der Waals surface area contributed by atoms with E-state index in [0.717, 1.165) is 31.3 Å². The Morgan fingerprint density at radius 1 is 0.952 bits per heavy atom. The minimum Gasteiger partial charge on any atom is -0.393 e. The zero-order valence-corrected chi connectivity index (χ0v) is 13.5. The maximum Gasteiger partial charge on any atom is 0.0720 e. The quantitative estimate of drug-likeness (QED) is 0.861. The van der Waals surface area contributed by atoms with E-state index in [4.69, 9.17) is 9.84 Å². The highest BCUT2D eigenvalue weighted by atomic mass is 16.5. The fourth-order valence-electron chi connectivity index (χ4n) is 2.97. The third-order valence-electron chi connectivity index (χ3n) is 4.89. The molecule has 0 saturated heterocycles. The smallest absolute Gasteiger partial charge is 0.0720 e. The Morgan fingerprint density at radius 3 is 2.00 bits per heavy atom. The third kappa shape index (κ3) is 5.44. The molecule has 0 radical (unpaired) electrons. The van der Waals surface area contributed by atoms with Gasteiger partial charge in [0.25, 0.3) is 0 Å². The summed E-state index contributed by atoms with van der Waals surface area (Å²) in [6.07, 6.45) is 7.77. The molecule has 1 aromatic carbocycles. The zero-order chi connectivity index (χ0) is 15.1. The molecule has 0 unspecified atom stereocenters. The zero-order valence-electron chi connectivity index (χ0n) is 13.5. The fraction of sp³-hybridized carbons (Fsp3) is 0.684. The summed E-state index contributed by atoms with van der Waals surface area (Å²) in [7, 11) is 0. The molecule has 0 aliphatic heterocycles. The maximum atomic E-state index is 8.75. The van der Waals surface area contributed by atoms with Crippen LogP contribution >= 0.6 is 0 Å². The Labute approximate surface area is 129 Å². The monoisotopic (exact) mass is 290 g/mol. The summed E-state index contributed by atoms with van der Waals surface area (Å²) < 4.78 is 5.80. The molecule has 0 bridgehead atoms. The number of aliphatic hydroxyl groups excluding tert-OH is 1. The predicted octanol–water partition coefficient (Wildman–Crippen LogP) is 4.56. The first-order valence-electron chi connectivity index (χ1n) is 8.54. The molecule has 2 aliphatic rings. The van der Waals surface area contributed by atoms with E-state index >= 15 is 0 Å². The second-order valence-electron chi connectivity index (χ2n) is 6.56. The molecule has 2 nitrogen and oxygen atoms in total. The lowest BCUT2D eigenvalue weighted by molar-refractivity contribution is -0.0408. The summed E-state index contributed by atoms with van der Waals surface area (Å²) in [6.45, 7) is 5.22. The van der Waals surface area contributed by atoms with Crippen molar-refractivity contribution in [2.24, 2.45) is 11.8 Å². The predicted molar refractivity (Wildman–Crippen MR) is 87.1 cm³/mol. The molecule has 1 aromatic rings. The van der Waals surface area contributed by atoms with E-state index in [-0.39, 0.29) is 6.10 Å². The van der Waals surface area contributed by atoms with Crippen molar-refractivity contribution in [3.05, 3.63) is 35.9 Å². The number of hydrogen-bond donors (Lipinski definition) is 1. The van der Waals surface area contributed by atoms with Gasteiger partial charge in [0, 0.05) is 0 Å². The van der Waals surface area contributed by atoms with Gasteiger partial charge in [-0.25, -0.2) is 0 Å². The highest BCUT2D eigenvalue weighted by Crippen LogP contribution is 2.32. The molecule has 118 valence electrons. The molecule has 0 heterocycles. The molecular formula is C19H30O2. The van der Waals surface area contributed by atoms with Crippen molar-refractivity contribution in [3.63, 3.8) is 0 Å². The molecule has 21 heavy (non-hydrogen) atoms. The minimum atomic E-state index is 0.0462. The Morgan fingerprint density at radius 2 is 1.52 bits per heavy atom. The van der Waals surface area contributed by atoms with E-state index in [1.807, 2.05) is 6.07 Å². The Hall–Kier alpha value is -0.860. The molecule has 2 fully saturated rings. The van der Waals surface area contributed by atoms with Crippen LogP contribution in [0, 0.1) is 11.8 Å². The number of benzene rings is 1. The highest BCUT2D eigenvalue weighted by molar-refractivity contribution is 5.13. The van der Waals surface area contributed by atoms with Gasteiger partial charge in [-0.3, -0.25) is 0 Å². The Bertz CT molecular complexity index is 378. The van der Waals surface area contributed by atoms with Crippen LogP contribution in [0.2, 0.25) is 0 Å². The minimum absolute atomic E-state index is 0.0462. The summed E-state index contributed by atoms with van der Waals surface area (Å²) in [6, 6.07) is 10.4. The standard InChI is InChI=1S/C13H18O.C6H12O/c1-2-11-8-13(9-11)14-10-12-6-4-3-5-7-12;1-2-5-3-6(7)4-5/h3-7,11,13H,2,8-10H2,1H3;5-7H,2-4H2,1H3. The van der Waals surface area contributed by atoms with Gasteiger partial charge in [0.05, 0.1) is 18.8 Å². The summed E-state index contributed by atoms with van der Waals surface area (Å²) in [4.78, 5) is 0. The normalized spacial score (nSPS) is 30.6. The van der Waals surface area contributed by atoms with Gasteiger partial charge in [-0.15, -0.1) is 0 Å². The maximum absolute atomic E-state index is 8.75. The first kappa shape index (κ1) is 16.5. The van der Waals surface area contributed by atoms with Gasteiger partial charge in [0.1, 0.15) is 0 Å². The van der Waals surface area contributed by atoms with Crippen molar-refractivity contribution in [3.8, 4) is 0 Å². The van der Waals surface area contributed by atoms with Crippen LogP contribution < -0.4 is 0 Å². The van der Waals surface area contributed by atoms with Crippen LogP contribution in [0.5, 0.6) is 0 Å². The number of aliphatic hydroxyl groups is 1. The molecule has 0 atom stereocenters. The van der Waals surface area contributed by atoms with Crippen LogP contribution in [-0.4, -0.2) is 17.3 Å². The van der Waals surface area contributed by atoms with Crippen LogP contribution in [0.15, 0.2) is 30.3 Å². The second-order valence-corrected chi connectivity index (χ2v) is 6.56. The Balaban J connectivity index is 0.000000194.